The van der Waals surface area contributed by atoms with E-state index < -0.39 is 4.92 Å². The van der Waals surface area contributed by atoms with Crippen molar-refractivity contribution in [1.29, 1.82) is 0 Å². The molecule has 2 aromatic rings. The molecule has 0 saturated carbocycles. The van der Waals surface area contributed by atoms with Crippen LogP contribution in [0.3, 0.4) is 0 Å². The lowest BCUT2D eigenvalue weighted by Crippen LogP contribution is -2.22. The zero-order valence-corrected chi connectivity index (χ0v) is 13.2. The fraction of sp³-hybridized carbons (Fsp3) is 0.188. The third kappa shape index (κ3) is 4.13. The molecule has 0 aromatic heterocycles. The number of nitro benzene ring substituents is 1. The Balaban J connectivity index is 2.03. The number of nitro groups is 1. The van der Waals surface area contributed by atoms with Gasteiger partial charge in [-0.15, -0.1) is 0 Å². The first-order chi connectivity index (χ1) is 11.5. The Hall–Kier alpha value is -3.29. The van der Waals surface area contributed by atoms with Crippen LogP contribution in [-0.4, -0.2) is 31.6 Å². The number of benzene rings is 2. The summed E-state index contributed by atoms with van der Waals surface area (Å²) in [7, 11) is 3.01. The number of amides is 1. The molecule has 0 saturated heterocycles. The Morgan fingerprint density at radius 3 is 2.54 bits per heavy atom. The number of ether oxygens (including phenoxy) is 2. The van der Waals surface area contributed by atoms with E-state index in [0.717, 1.165) is 0 Å². The molecule has 0 atom stereocenters. The Kier molecular flexibility index (Phi) is 5.56. The third-order valence-electron chi connectivity index (χ3n) is 3.22. The minimum absolute atomic E-state index is 0.0904. The number of carbonyl (C=O) groups excluding carboxylic acids is 1. The smallest absolute Gasteiger partial charge is 0.292 e. The first-order valence-corrected chi connectivity index (χ1v) is 7.04. The Morgan fingerprint density at radius 2 is 1.88 bits per heavy atom. The topological polar surface area (TPSA) is 103 Å². The fourth-order valence-electron chi connectivity index (χ4n) is 2.05. The van der Waals surface area contributed by atoms with Crippen LogP contribution in [0.1, 0.15) is 0 Å². The van der Waals surface area contributed by atoms with Gasteiger partial charge in [-0.25, -0.2) is 0 Å². The number of hydrogen-bond donors (Lipinski definition) is 2. The molecule has 0 bridgehead atoms. The highest BCUT2D eigenvalue weighted by Crippen LogP contribution is 2.29. The van der Waals surface area contributed by atoms with E-state index in [1.807, 2.05) is 0 Å². The van der Waals surface area contributed by atoms with Crippen molar-refractivity contribution in [2.45, 2.75) is 0 Å². The third-order valence-corrected chi connectivity index (χ3v) is 3.22. The minimum atomic E-state index is -0.507. The zero-order chi connectivity index (χ0) is 17.5. The van der Waals surface area contributed by atoms with E-state index in [0.29, 0.717) is 17.2 Å². The second kappa shape index (κ2) is 7.82. The first kappa shape index (κ1) is 17.1. The maximum Gasteiger partial charge on any atom is 0.292 e. The quantitative estimate of drug-likeness (QED) is 0.597. The lowest BCUT2D eigenvalue weighted by Gasteiger charge is -2.12. The summed E-state index contributed by atoms with van der Waals surface area (Å²) in [6.45, 7) is -0.125. The number of methoxy groups -OCH3 is 2. The van der Waals surface area contributed by atoms with Gasteiger partial charge in [-0.2, -0.15) is 0 Å². The molecule has 0 heterocycles. The molecule has 0 fully saturated rings. The molecule has 24 heavy (non-hydrogen) atoms. The Labute approximate surface area is 138 Å². The first-order valence-electron chi connectivity index (χ1n) is 7.04. The van der Waals surface area contributed by atoms with Crippen LogP contribution in [0.4, 0.5) is 17.1 Å². The van der Waals surface area contributed by atoms with Crippen molar-refractivity contribution in [3.63, 3.8) is 0 Å². The molecule has 8 nitrogen and oxygen atoms in total. The lowest BCUT2D eigenvalue weighted by molar-refractivity contribution is -0.383. The van der Waals surface area contributed by atoms with E-state index in [1.165, 1.54) is 20.3 Å². The van der Waals surface area contributed by atoms with Crippen LogP contribution in [0, 0.1) is 10.1 Å². The van der Waals surface area contributed by atoms with E-state index >= 15 is 0 Å². The highest BCUT2D eigenvalue weighted by molar-refractivity contribution is 5.95. The molecule has 0 aliphatic rings. The van der Waals surface area contributed by atoms with Crippen LogP contribution >= 0.6 is 0 Å². The summed E-state index contributed by atoms with van der Waals surface area (Å²) in [5, 5.41) is 16.4. The molecule has 0 aliphatic carbocycles. The summed E-state index contributed by atoms with van der Waals surface area (Å²) in [4.78, 5) is 22.5. The molecule has 1 amide bonds. The maximum atomic E-state index is 12.1. The van der Waals surface area contributed by atoms with Gasteiger partial charge in [-0.05, 0) is 18.2 Å². The van der Waals surface area contributed by atoms with Gasteiger partial charge in [0.1, 0.15) is 17.2 Å². The molecule has 2 rings (SSSR count). The Bertz CT molecular complexity index is 748. The van der Waals surface area contributed by atoms with E-state index in [9.17, 15) is 14.9 Å². The number of nitrogens with zero attached hydrogens (tertiary/aromatic N) is 1. The molecule has 2 N–H and O–H groups in total. The number of rotatable bonds is 7. The molecular formula is C16H17N3O5. The van der Waals surface area contributed by atoms with Crippen molar-refractivity contribution in [2.24, 2.45) is 0 Å². The molecule has 0 radical (unpaired) electrons. The van der Waals surface area contributed by atoms with Gasteiger partial charge < -0.3 is 20.1 Å². The monoisotopic (exact) mass is 331 g/mol. The van der Waals surface area contributed by atoms with Gasteiger partial charge in [0, 0.05) is 12.1 Å². The molecule has 126 valence electrons. The summed E-state index contributed by atoms with van der Waals surface area (Å²) in [5.41, 5.74) is 0.666. The van der Waals surface area contributed by atoms with Crippen molar-refractivity contribution in [1.82, 2.24) is 0 Å². The van der Waals surface area contributed by atoms with Gasteiger partial charge in [0.25, 0.3) is 5.69 Å². The van der Waals surface area contributed by atoms with Crippen LogP contribution in [0.2, 0.25) is 0 Å². The van der Waals surface area contributed by atoms with E-state index in [2.05, 4.69) is 10.6 Å². The zero-order valence-electron chi connectivity index (χ0n) is 13.2. The largest absolute Gasteiger partial charge is 0.497 e. The van der Waals surface area contributed by atoms with Crippen LogP contribution in [0.15, 0.2) is 42.5 Å². The fourth-order valence-corrected chi connectivity index (χ4v) is 2.05. The summed E-state index contributed by atoms with van der Waals surface area (Å²) in [6, 6.07) is 11.1. The van der Waals surface area contributed by atoms with Crippen LogP contribution in [0.5, 0.6) is 11.5 Å². The van der Waals surface area contributed by atoms with Crippen molar-refractivity contribution in [3.05, 3.63) is 52.6 Å². The average molecular weight is 331 g/mol. The summed E-state index contributed by atoms with van der Waals surface area (Å²) >= 11 is 0. The number of anilines is 2. The van der Waals surface area contributed by atoms with Crippen LogP contribution in [0.25, 0.3) is 0 Å². The van der Waals surface area contributed by atoms with Crippen molar-refractivity contribution in [3.8, 4) is 11.5 Å². The Morgan fingerprint density at radius 1 is 1.12 bits per heavy atom. The summed E-state index contributed by atoms with van der Waals surface area (Å²) in [5.74, 6) is 0.688. The van der Waals surface area contributed by atoms with Gasteiger partial charge >= 0.3 is 0 Å². The van der Waals surface area contributed by atoms with Crippen molar-refractivity contribution >= 4 is 23.0 Å². The predicted octanol–water partition coefficient (Wildman–Crippen LogP) is 2.66. The standard InChI is InChI=1S/C16H17N3O5/c1-23-11-7-8-13(15(9-11)24-2)18-16(20)10-17-12-5-3-4-6-14(12)19(21)22/h3-9,17H,10H2,1-2H3,(H,18,20). The van der Waals surface area contributed by atoms with E-state index in [-0.39, 0.29) is 23.8 Å². The molecule has 0 aliphatic heterocycles. The molecule has 2 aromatic carbocycles. The second-order valence-electron chi connectivity index (χ2n) is 4.74. The van der Waals surface area contributed by atoms with Gasteiger partial charge in [-0.1, -0.05) is 12.1 Å². The summed E-state index contributed by atoms with van der Waals surface area (Å²) in [6.07, 6.45) is 0. The van der Waals surface area contributed by atoms with E-state index in [4.69, 9.17) is 9.47 Å². The number of carbonyl (C=O) groups is 1. The lowest BCUT2D eigenvalue weighted by atomic mass is 10.2. The summed E-state index contributed by atoms with van der Waals surface area (Å²) < 4.78 is 10.3. The highest BCUT2D eigenvalue weighted by Gasteiger charge is 2.14. The van der Waals surface area contributed by atoms with Gasteiger partial charge in [0.15, 0.2) is 0 Å². The van der Waals surface area contributed by atoms with Crippen molar-refractivity contribution in [2.75, 3.05) is 31.4 Å². The second-order valence-corrected chi connectivity index (χ2v) is 4.74. The normalized spacial score (nSPS) is 9.92. The molecule has 8 heteroatoms. The predicted molar refractivity (Wildman–Crippen MR) is 89.8 cm³/mol. The molecular weight excluding hydrogens is 314 g/mol. The SMILES string of the molecule is COc1ccc(NC(=O)CNc2ccccc2[N+](=O)[O-])c(OC)c1. The number of para-hydroxylation sites is 2. The minimum Gasteiger partial charge on any atom is -0.497 e. The maximum absolute atomic E-state index is 12.1. The average Bonchev–Trinajstić information content (AvgIpc) is 2.60. The highest BCUT2D eigenvalue weighted by atomic mass is 16.6. The van der Waals surface area contributed by atoms with Gasteiger partial charge in [0.05, 0.1) is 31.4 Å². The van der Waals surface area contributed by atoms with Crippen LogP contribution < -0.4 is 20.1 Å². The van der Waals surface area contributed by atoms with Gasteiger partial charge in [0.2, 0.25) is 5.91 Å². The number of hydrogen-bond acceptors (Lipinski definition) is 6. The van der Waals surface area contributed by atoms with Gasteiger partial charge in [-0.3, -0.25) is 14.9 Å². The molecule has 0 spiro atoms. The van der Waals surface area contributed by atoms with Crippen LogP contribution in [-0.2, 0) is 4.79 Å². The van der Waals surface area contributed by atoms with E-state index in [1.54, 1.807) is 36.4 Å². The molecule has 0 unspecified atom stereocenters. The number of nitrogens with one attached hydrogen (secondary N) is 2. The van der Waals surface area contributed by atoms with Crippen molar-refractivity contribution < 1.29 is 19.2 Å².